The van der Waals surface area contributed by atoms with Gasteiger partial charge in [-0.2, -0.15) is 11.8 Å². The first-order chi connectivity index (χ1) is 13.6. The first-order valence-electron chi connectivity index (χ1n) is 9.50. The molecule has 1 aliphatic heterocycles. The lowest BCUT2D eigenvalue weighted by molar-refractivity contribution is -0.127. The number of hydrogen-bond donors (Lipinski definition) is 0. The van der Waals surface area contributed by atoms with Gasteiger partial charge in [-0.1, -0.05) is 12.1 Å². The van der Waals surface area contributed by atoms with Crippen molar-refractivity contribution < 1.29 is 13.9 Å². The molecular weight excluding hydrogens is 392 g/mol. The molecule has 0 N–H and O–H groups in total. The number of hydrogen-bond acceptors (Lipinski definition) is 6. The summed E-state index contributed by atoms with van der Waals surface area (Å²) in [6, 6.07) is 12.2. The molecule has 0 spiro atoms. The van der Waals surface area contributed by atoms with Gasteiger partial charge in [-0.15, -0.1) is 11.8 Å². The number of benzene rings is 1. The lowest BCUT2D eigenvalue weighted by Gasteiger charge is -2.24. The standard InChI is InChI=1S/C21H28N2O3S2/c1-4-25-17-7-5-16(6-8-17)21-23(20(24)15-28-21)11-12-27-14-19-10-9-18(26-19)13-22(2)3/h5-10,21H,4,11-15H2,1-3H3. The molecule has 1 aromatic carbocycles. The molecule has 0 bridgehead atoms. The van der Waals surface area contributed by atoms with E-state index in [0.717, 1.165) is 47.4 Å². The van der Waals surface area contributed by atoms with Crippen LogP contribution in [0.25, 0.3) is 0 Å². The Bertz CT molecular complexity index is 761. The van der Waals surface area contributed by atoms with Gasteiger partial charge in [0, 0.05) is 12.3 Å². The number of rotatable bonds is 10. The van der Waals surface area contributed by atoms with E-state index in [9.17, 15) is 4.79 Å². The second-order valence-electron chi connectivity index (χ2n) is 6.91. The van der Waals surface area contributed by atoms with Crippen LogP contribution in [0, 0.1) is 0 Å². The second kappa shape index (κ2) is 10.3. The smallest absolute Gasteiger partial charge is 0.233 e. The van der Waals surface area contributed by atoms with Crippen molar-refractivity contribution in [1.82, 2.24) is 9.80 Å². The summed E-state index contributed by atoms with van der Waals surface area (Å²) in [6.07, 6.45) is 0. The average molecular weight is 421 g/mol. The van der Waals surface area contributed by atoms with E-state index in [0.29, 0.717) is 12.4 Å². The molecule has 1 atom stereocenters. The molecule has 152 valence electrons. The van der Waals surface area contributed by atoms with Gasteiger partial charge in [-0.05, 0) is 50.8 Å². The zero-order chi connectivity index (χ0) is 19.9. The fourth-order valence-corrected chi connectivity index (χ4v) is 5.14. The summed E-state index contributed by atoms with van der Waals surface area (Å²) < 4.78 is 11.4. The Kier molecular flexibility index (Phi) is 7.76. The maximum absolute atomic E-state index is 12.3. The maximum atomic E-state index is 12.3. The van der Waals surface area contributed by atoms with Crippen LogP contribution in [-0.4, -0.2) is 54.5 Å². The highest BCUT2D eigenvalue weighted by Crippen LogP contribution is 2.39. The molecule has 1 aromatic heterocycles. The van der Waals surface area contributed by atoms with Crippen LogP contribution in [0.15, 0.2) is 40.8 Å². The summed E-state index contributed by atoms with van der Waals surface area (Å²) in [5, 5.41) is 0.0964. The summed E-state index contributed by atoms with van der Waals surface area (Å²) in [5.74, 6) is 5.34. The Morgan fingerprint density at radius 2 is 1.96 bits per heavy atom. The quantitative estimate of drug-likeness (QED) is 0.536. The fraction of sp³-hybridized carbons (Fsp3) is 0.476. The molecule has 1 unspecified atom stereocenters. The van der Waals surface area contributed by atoms with Crippen LogP contribution in [0.2, 0.25) is 0 Å². The molecule has 0 aliphatic carbocycles. The van der Waals surface area contributed by atoms with Gasteiger partial charge in [0.2, 0.25) is 5.91 Å². The van der Waals surface area contributed by atoms with Crippen molar-refractivity contribution in [3.05, 3.63) is 53.5 Å². The zero-order valence-corrected chi connectivity index (χ0v) is 18.4. The van der Waals surface area contributed by atoms with Crippen molar-refractivity contribution in [3.63, 3.8) is 0 Å². The third-order valence-corrected chi connectivity index (χ3v) is 6.57. The SMILES string of the molecule is CCOc1ccc(C2SCC(=O)N2CCSCc2ccc(CN(C)C)o2)cc1. The fourth-order valence-electron chi connectivity index (χ4n) is 3.10. The summed E-state index contributed by atoms with van der Waals surface area (Å²) in [6.45, 7) is 4.20. The van der Waals surface area contributed by atoms with Crippen molar-refractivity contribution in [3.8, 4) is 5.75 Å². The molecular formula is C21H28N2O3S2. The minimum atomic E-state index is 0.0964. The zero-order valence-electron chi connectivity index (χ0n) is 16.7. The Morgan fingerprint density at radius 3 is 2.68 bits per heavy atom. The lowest BCUT2D eigenvalue weighted by Crippen LogP contribution is -2.30. The molecule has 1 saturated heterocycles. The van der Waals surface area contributed by atoms with E-state index in [1.807, 2.05) is 50.2 Å². The average Bonchev–Trinajstić information content (AvgIpc) is 3.26. The highest BCUT2D eigenvalue weighted by Gasteiger charge is 2.32. The van der Waals surface area contributed by atoms with Crippen LogP contribution >= 0.6 is 23.5 Å². The van der Waals surface area contributed by atoms with E-state index in [4.69, 9.17) is 9.15 Å². The summed E-state index contributed by atoms with van der Waals surface area (Å²) in [7, 11) is 4.06. The van der Waals surface area contributed by atoms with E-state index in [1.165, 1.54) is 0 Å². The monoisotopic (exact) mass is 420 g/mol. The lowest BCUT2D eigenvalue weighted by atomic mass is 10.2. The number of carbonyl (C=O) groups is 1. The number of nitrogens with zero attached hydrogens (tertiary/aromatic N) is 2. The first kappa shape index (κ1) is 21.1. The van der Waals surface area contributed by atoms with Gasteiger partial charge in [0.1, 0.15) is 22.6 Å². The van der Waals surface area contributed by atoms with Gasteiger partial charge >= 0.3 is 0 Å². The number of furan rings is 1. The Hall–Kier alpha value is -1.57. The Labute approximate surface area is 175 Å². The van der Waals surface area contributed by atoms with Gasteiger partial charge in [0.15, 0.2) is 0 Å². The van der Waals surface area contributed by atoms with Gasteiger partial charge in [-0.25, -0.2) is 0 Å². The summed E-state index contributed by atoms with van der Waals surface area (Å²) in [5.41, 5.74) is 1.16. The largest absolute Gasteiger partial charge is 0.494 e. The molecule has 1 amide bonds. The number of amides is 1. The molecule has 0 radical (unpaired) electrons. The van der Waals surface area contributed by atoms with Gasteiger partial charge < -0.3 is 19.0 Å². The number of ether oxygens (including phenoxy) is 1. The number of thioether (sulfide) groups is 2. The van der Waals surface area contributed by atoms with E-state index < -0.39 is 0 Å². The molecule has 3 rings (SSSR count). The first-order valence-corrected chi connectivity index (χ1v) is 11.7. The molecule has 7 heteroatoms. The van der Waals surface area contributed by atoms with Crippen molar-refractivity contribution in [2.24, 2.45) is 0 Å². The minimum Gasteiger partial charge on any atom is -0.494 e. The van der Waals surface area contributed by atoms with Crippen LogP contribution < -0.4 is 4.74 Å². The van der Waals surface area contributed by atoms with Gasteiger partial charge in [-0.3, -0.25) is 4.79 Å². The highest BCUT2D eigenvalue weighted by atomic mass is 32.2. The molecule has 0 saturated carbocycles. The van der Waals surface area contributed by atoms with Gasteiger partial charge in [0.05, 0.1) is 24.7 Å². The maximum Gasteiger partial charge on any atom is 0.233 e. The van der Waals surface area contributed by atoms with E-state index in [2.05, 4.69) is 17.0 Å². The van der Waals surface area contributed by atoms with Crippen molar-refractivity contribution in [2.75, 3.05) is 38.8 Å². The molecule has 2 aromatic rings. The highest BCUT2D eigenvalue weighted by molar-refractivity contribution is 8.00. The predicted molar refractivity (Wildman–Crippen MR) is 117 cm³/mol. The van der Waals surface area contributed by atoms with Crippen LogP contribution in [0.4, 0.5) is 0 Å². The Balaban J connectivity index is 1.49. The van der Waals surface area contributed by atoms with E-state index in [-0.39, 0.29) is 11.3 Å². The molecule has 28 heavy (non-hydrogen) atoms. The van der Waals surface area contributed by atoms with Crippen molar-refractivity contribution in [1.29, 1.82) is 0 Å². The topological polar surface area (TPSA) is 45.9 Å². The summed E-state index contributed by atoms with van der Waals surface area (Å²) in [4.78, 5) is 16.4. The third kappa shape index (κ3) is 5.72. The van der Waals surface area contributed by atoms with Crippen LogP contribution in [-0.2, 0) is 17.1 Å². The van der Waals surface area contributed by atoms with Crippen LogP contribution in [0.5, 0.6) is 5.75 Å². The number of carbonyl (C=O) groups excluding carboxylic acids is 1. The third-order valence-electron chi connectivity index (χ3n) is 4.35. The van der Waals surface area contributed by atoms with Gasteiger partial charge in [0.25, 0.3) is 0 Å². The minimum absolute atomic E-state index is 0.0964. The Morgan fingerprint density at radius 1 is 1.21 bits per heavy atom. The molecule has 2 heterocycles. The normalized spacial score (nSPS) is 16.9. The second-order valence-corrected chi connectivity index (χ2v) is 9.08. The van der Waals surface area contributed by atoms with Crippen LogP contribution in [0.1, 0.15) is 29.4 Å². The van der Waals surface area contributed by atoms with Crippen molar-refractivity contribution in [2.45, 2.75) is 24.6 Å². The van der Waals surface area contributed by atoms with Crippen molar-refractivity contribution >= 4 is 29.4 Å². The molecule has 1 fully saturated rings. The molecule has 5 nitrogen and oxygen atoms in total. The summed E-state index contributed by atoms with van der Waals surface area (Å²) >= 11 is 3.50. The van der Waals surface area contributed by atoms with E-state index >= 15 is 0 Å². The molecule has 1 aliphatic rings. The predicted octanol–water partition coefficient (Wildman–Crippen LogP) is 4.25. The van der Waals surface area contributed by atoms with Crippen LogP contribution in [0.3, 0.4) is 0 Å². The van der Waals surface area contributed by atoms with E-state index in [1.54, 1.807) is 23.5 Å².